The van der Waals surface area contributed by atoms with Crippen LogP contribution in [0.1, 0.15) is 40.1 Å². The van der Waals surface area contributed by atoms with Crippen molar-refractivity contribution in [2.45, 2.75) is 32.7 Å². The zero-order valence-electron chi connectivity index (χ0n) is 9.23. The molecule has 2 N–H and O–H groups in total. The van der Waals surface area contributed by atoms with E-state index in [9.17, 15) is 15.0 Å². The molecule has 0 saturated heterocycles. The van der Waals surface area contributed by atoms with Crippen LogP contribution < -0.4 is 0 Å². The number of aliphatic hydroxyl groups excluding tert-OH is 2. The molecule has 0 fully saturated rings. The number of rotatable bonds is 2. The van der Waals surface area contributed by atoms with Crippen molar-refractivity contribution < 1.29 is 19.7 Å². The van der Waals surface area contributed by atoms with E-state index in [1.165, 1.54) is 6.92 Å². The van der Waals surface area contributed by atoms with Gasteiger partial charge in [-0.25, -0.2) is 4.79 Å². The number of benzene rings is 1. The quantitative estimate of drug-likeness (QED) is 0.735. The summed E-state index contributed by atoms with van der Waals surface area (Å²) in [7, 11) is 0. The number of fused-ring (bicyclic) bond motifs is 1. The SMILES string of the molecule is Cc1c([C@H](O)[C@@H](C)O)ccc2c1COC2=O. The number of esters is 1. The number of aliphatic hydroxyl groups is 2. The summed E-state index contributed by atoms with van der Waals surface area (Å²) in [5, 5.41) is 19.2. The molecular formula is C12H14O4. The van der Waals surface area contributed by atoms with Gasteiger partial charge in [0.2, 0.25) is 0 Å². The van der Waals surface area contributed by atoms with Crippen LogP contribution in [0.5, 0.6) is 0 Å². The fourth-order valence-electron chi connectivity index (χ4n) is 1.95. The van der Waals surface area contributed by atoms with Gasteiger partial charge in [-0.1, -0.05) is 6.07 Å². The van der Waals surface area contributed by atoms with Crippen molar-refractivity contribution >= 4 is 5.97 Å². The summed E-state index contributed by atoms with van der Waals surface area (Å²) < 4.78 is 4.92. The Bertz CT molecular complexity index is 437. The average Bonchev–Trinajstić information content (AvgIpc) is 2.61. The highest BCUT2D eigenvalue weighted by Gasteiger charge is 2.26. The second kappa shape index (κ2) is 3.88. The van der Waals surface area contributed by atoms with Crippen LogP contribution in [-0.2, 0) is 11.3 Å². The van der Waals surface area contributed by atoms with Gasteiger partial charge < -0.3 is 14.9 Å². The van der Waals surface area contributed by atoms with Gasteiger partial charge in [-0.05, 0) is 31.0 Å². The normalized spacial score (nSPS) is 17.9. The van der Waals surface area contributed by atoms with Crippen LogP contribution in [0.2, 0.25) is 0 Å². The van der Waals surface area contributed by atoms with Gasteiger partial charge in [0.15, 0.2) is 0 Å². The Hall–Kier alpha value is -1.39. The maximum Gasteiger partial charge on any atom is 0.338 e. The lowest BCUT2D eigenvalue weighted by molar-refractivity contribution is 0.0300. The van der Waals surface area contributed by atoms with E-state index in [2.05, 4.69) is 0 Å². The van der Waals surface area contributed by atoms with Crippen LogP contribution in [0.15, 0.2) is 12.1 Å². The van der Waals surface area contributed by atoms with Crippen LogP contribution in [0.3, 0.4) is 0 Å². The molecule has 1 aliphatic rings. The standard InChI is InChI=1S/C12H14O4/c1-6-8(11(14)7(2)13)3-4-9-10(6)5-16-12(9)15/h3-4,7,11,13-14H,5H2,1-2H3/t7-,11-/m1/s1. The molecule has 16 heavy (non-hydrogen) atoms. The Morgan fingerprint density at radius 1 is 1.38 bits per heavy atom. The number of carbonyl (C=O) groups excluding carboxylic acids is 1. The van der Waals surface area contributed by atoms with E-state index in [4.69, 9.17) is 4.74 Å². The molecular weight excluding hydrogens is 208 g/mol. The van der Waals surface area contributed by atoms with Gasteiger partial charge in [-0.3, -0.25) is 0 Å². The van der Waals surface area contributed by atoms with Crippen LogP contribution >= 0.6 is 0 Å². The number of hydrogen-bond acceptors (Lipinski definition) is 4. The lowest BCUT2D eigenvalue weighted by Gasteiger charge is -2.17. The third kappa shape index (κ3) is 1.60. The van der Waals surface area contributed by atoms with E-state index >= 15 is 0 Å². The molecule has 4 nitrogen and oxygen atoms in total. The van der Waals surface area contributed by atoms with Crippen molar-refractivity contribution in [1.82, 2.24) is 0 Å². The van der Waals surface area contributed by atoms with Crippen molar-refractivity contribution in [2.24, 2.45) is 0 Å². The Balaban J connectivity index is 2.48. The van der Waals surface area contributed by atoms with Crippen molar-refractivity contribution in [2.75, 3.05) is 0 Å². The summed E-state index contributed by atoms with van der Waals surface area (Å²) in [4.78, 5) is 11.3. The second-order valence-corrected chi connectivity index (χ2v) is 4.07. The van der Waals surface area contributed by atoms with E-state index in [0.29, 0.717) is 11.1 Å². The van der Waals surface area contributed by atoms with Gasteiger partial charge >= 0.3 is 5.97 Å². The van der Waals surface area contributed by atoms with Gasteiger partial charge in [-0.2, -0.15) is 0 Å². The Labute approximate surface area is 93.5 Å². The fraction of sp³-hybridized carbons (Fsp3) is 0.417. The topological polar surface area (TPSA) is 66.8 Å². The predicted octanol–water partition coefficient (Wildman–Crippen LogP) is 1.08. The summed E-state index contributed by atoms with van der Waals surface area (Å²) in [5.41, 5.74) is 2.82. The van der Waals surface area contributed by atoms with E-state index in [1.54, 1.807) is 12.1 Å². The number of cyclic esters (lactones) is 1. The highest BCUT2D eigenvalue weighted by atomic mass is 16.5. The van der Waals surface area contributed by atoms with Gasteiger partial charge in [0, 0.05) is 5.56 Å². The molecule has 1 aliphatic heterocycles. The van der Waals surface area contributed by atoms with Crippen LogP contribution in [0.4, 0.5) is 0 Å². The first-order chi connectivity index (χ1) is 7.52. The highest BCUT2D eigenvalue weighted by molar-refractivity contribution is 5.93. The molecule has 0 saturated carbocycles. The predicted molar refractivity (Wildman–Crippen MR) is 56.9 cm³/mol. The molecule has 0 spiro atoms. The fourth-order valence-corrected chi connectivity index (χ4v) is 1.95. The molecule has 1 aromatic carbocycles. The Morgan fingerprint density at radius 3 is 2.69 bits per heavy atom. The van der Waals surface area contributed by atoms with E-state index in [-0.39, 0.29) is 12.6 Å². The summed E-state index contributed by atoms with van der Waals surface area (Å²) in [6, 6.07) is 3.30. The number of hydrogen-bond donors (Lipinski definition) is 2. The van der Waals surface area contributed by atoms with Crippen molar-refractivity contribution in [1.29, 1.82) is 0 Å². The minimum Gasteiger partial charge on any atom is -0.457 e. The minimum atomic E-state index is -0.930. The molecule has 2 atom stereocenters. The molecule has 0 bridgehead atoms. The molecule has 0 unspecified atom stereocenters. The third-order valence-corrected chi connectivity index (χ3v) is 2.98. The van der Waals surface area contributed by atoms with Gasteiger partial charge in [0.1, 0.15) is 12.7 Å². The lowest BCUT2D eigenvalue weighted by Crippen LogP contribution is -2.15. The van der Waals surface area contributed by atoms with Gasteiger partial charge in [0.05, 0.1) is 11.7 Å². The van der Waals surface area contributed by atoms with Crippen molar-refractivity contribution in [3.63, 3.8) is 0 Å². The highest BCUT2D eigenvalue weighted by Crippen LogP contribution is 2.29. The maximum absolute atomic E-state index is 11.3. The van der Waals surface area contributed by atoms with E-state index in [1.807, 2.05) is 6.92 Å². The molecule has 1 heterocycles. The lowest BCUT2D eigenvalue weighted by atomic mass is 9.94. The second-order valence-electron chi connectivity index (χ2n) is 4.07. The molecule has 2 rings (SSSR count). The molecule has 0 radical (unpaired) electrons. The number of ether oxygens (including phenoxy) is 1. The molecule has 1 aromatic rings. The molecule has 4 heteroatoms. The largest absolute Gasteiger partial charge is 0.457 e. The van der Waals surface area contributed by atoms with Crippen molar-refractivity contribution in [3.8, 4) is 0 Å². The van der Waals surface area contributed by atoms with Gasteiger partial charge in [-0.15, -0.1) is 0 Å². The molecule has 0 aliphatic carbocycles. The Morgan fingerprint density at radius 2 is 2.06 bits per heavy atom. The summed E-state index contributed by atoms with van der Waals surface area (Å²) in [6.07, 6.45) is -1.77. The van der Waals surface area contributed by atoms with E-state index in [0.717, 1.165) is 11.1 Å². The van der Waals surface area contributed by atoms with E-state index < -0.39 is 12.2 Å². The van der Waals surface area contributed by atoms with Crippen LogP contribution in [0, 0.1) is 6.92 Å². The van der Waals surface area contributed by atoms with Crippen LogP contribution in [-0.4, -0.2) is 22.3 Å². The zero-order chi connectivity index (χ0) is 11.9. The molecule has 0 amide bonds. The molecule has 0 aromatic heterocycles. The molecule has 86 valence electrons. The smallest absolute Gasteiger partial charge is 0.338 e. The first kappa shape index (κ1) is 11.1. The monoisotopic (exact) mass is 222 g/mol. The summed E-state index contributed by atoms with van der Waals surface area (Å²) in [6.45, 7) is 3.60. The summed E-state index contributed by atoms with van der Waals surface area (Å²) in [5.74, 6) is -0.323. The van der Waals surface area contributed by atoms with Crippen molar-refractivity contribution in [3.05, 3.63) is 34.4 Å². The minimum absolute atomic E-state index is 0.250. The number of carbonyl (C=O) groups is 1. The summed E-state index contributed by atoms with van der Waals surface area (Å²) >= 11 is 0. The van der Waals surface area contributed by atoms with Gasteiger partial charge in [0.25, 0.3) is 0 Å². The van der Waals surface area contributed by atoms with Crippen LogP contribution in [0.25, 0.3) is 0 Å². The first-order valence-corrected chi connectivity index (χ1v) is 5.18. The first-order valence-electron chi connectivity index (χ1n) is 5.18. The third-order valence-electron chi connectivity index (χ3n) is 2.98. The Kier molecular flexibility index (Phi) is 2.69. The average molecular weight is 222 g/mol. The zero-order valence-corrected chi connectivity index (χ0v) is 9.23. The maximum atomic E-state index is 11.3.